The largest absolute Gasteiger partial charge is 0.489 e. The maximum Gasteiger partial charge on any atom is 0.278 e. The lowest BCUT2D eigenvalue weighted by molar-refractivity contribution is -0.164. The number of aromatic nitrogens is 3. The topological polar surface area (TPSA) is 183 Å². The van der Waals surface area contributed by atoms with Gasteiger partial charge in [-0.05, 0) is 72.7 Å². The van der Waals surface area contributed by atoms with Gasteiger partial charge in [-0.15, -0.1) is 5.10 Å². The predicted octanol–water partition coefficient (Wildman–Crippen LogP) is 3.98. The lowest BCUT2D eigenvalue weighted by atomic mass is 9.49. The molecule has 1 saturated carbocycles. The summed E-state index contributed by atoms with van der Waals surface area (Å²) in [4.78, 5) is 71.1. The molecule has 0 spiro atoms. The molecule has 62 heavy (non-hydrogen) atoms. The number of nitrogens with zero attached hydrogens (tertiary/aromatic N) is 7. The third-order valence-corrected chi connectivity index (χ3v) is 14.3. The molecule has 3 aromatic carbocycles. The second-order valence-corrected chi connectivity index (χ2v) is 19.3. The molecule has 9 rings (SSSR count). The number of ether oxygens (including phenoxy) is 1. The lowest BCUT2D eigenvalue weighted by Gasteiger charge is -2.63. The molecule has 15 nitrogen and oxygen atoms in total. The van der Waals surface area contributed by atoms with Crippen molar-refractivity contribution in [2.75, 3.05) is 50.7 Å². The van der Waals surface area contributed by atoms with Gasteiger partial charge in [-0.25, -0.2) is 0 Å². The van der Waals surface area contributed by atoms with Crippen LogP contribution in [0.5, 0.6) is 5.75 Å². The molecule has 5 heterocycles. The van der Waals surface area contributed by atoms with E-state index >= 15 is 0 Å². The zero-order valence-corrected chi connectivity index (χ0v) is 36.0. The number of amides is 4. The molecule has 2 N–H and O–H groups in total. The quantitative estimate of drug-likeness (QED) is 0.220. The van der Waals surface area contributed by atoms with Crippen LogP contribution in [0.2, 0.25) is 5.02 Å². The van der Waals surface area contributed by atoms with Crippen molar-refractivity contribution in [3.8, 4) is 11.8 Å². The summed E-state index contributed by atoms with van der Waals surface area (Å²) in [5.41, 5.74) is 2.25. The maximum absolute atomic E-state index is 13.6. The standard InChI is InChI=1S/C46H50ClN9O6/c1-45(2)43(46(3,4)44(45)62-33-11-9-28(19-48)35(47)18-33)50-39(58)27-7-5-26(6-8-27)15-16-53-20-29-22-55(23-30(29)21-53)41(60)31-24-54(25-31)32-10-12-36-34(17-32)42(61)56(52-51-36)37-13-14-38(57)49-40(37)59/h5-12,17-18,29-31,37,43-44H,13-16,20-25H2,1-4H3,(H,50,58)(H,49,57,59). The van der Waals surface area contributed by atoms with Gasteiger partial charge in [-0.3, -0.25) is 29.3 Å². The SMILES string of the molecule is CC1(C)C(NC(=O)c2ccc(CCN3CC4CN(C(=O)C5CN(c6ccc7nnn(C8CCC(=O)NC8=O)c(=O)c7c6)C5)CC4C3)cc2)C(C)(C)C1Oc1ccc(C#N)c(Cl)c1. The fourth-order valence-electron chi connectivity index (χ4n) is 10.8. The molecule has 3 atom stereocenters. The van der Waals surface area contributed by atoms with Crippen LogP contribution in [-0.4, -0.2) is 106 Å². The lowest BCUT2D eigenvalue weighted by Crippen LogP contribution is -2.74. The Bertz CT molecular complexity index is 2550. The summed E-state index contributed by atoms with van der Waals surface area (Å²) in [5, 5.41) is 23.6. The van der Waals surface area contributed by atoms with Crippen LogP contribution >= 0.6 is 11.6 Å². The number of nitriles is 1. The summed E-state index contributed by atoms with van der Waals surface area (Å²) in [6, 6.07) is 19.3. The van der Waals surface area contributed by atoms with Crippen LogP contribution in [0.25, 0.3) is 10.9 Å². The van der Waals surface area contributed by atoms with E-state index in [2.05, 4.69) is 64.5 Å². The summed E-state index contributed by atoms with van der Waals surface area (Å²) < 4.78 is 7.44. The molecule has 0 radical (unpaired) electrons. The first-order valence-corrected chi connectivity index (χ1v) is 21.7. The van der Waals surface area contributed by atoms with E-state index in [0.717, 1.165) is 49.5 Å². The van der Waals surface area contributed by atoms with Crippen molar-refractivity contribution in [2.45, 2.75) is 65.1 Å². The smallest absolute Gasteiger partial charge is 0.278 e. The van der Waals surface area contributed by atoms with E-state index in [4.69, 9.17) is 16.3 Å². The fraction of sp³-hybridized carbons (Fsp3) is 0.478. The Kier molecular flexibility index (Phi) is 10.6. The second-order valence-electron chi connectivity index (χ2n) is 18.9. The number of halogens is 1. The van der Waals surface area contributed by atoms with Gasteiger partial charge in [0.25, 0.3) is 17.4 Å². The van der Waals surface area contributed by atoms with Crippen LogP contribution in [0.1, 0.15) is 68.1 Å². The van der Waals surface area contributed by atoms with E-state index in [-0.39, 0.29) is 59.5 Å². The number of likely N-dealkylation sites (tertiary alicyclic amines) is 2. The van der Waals surface area contributed by atoms with E-state index in [1.165, 1.54) is 5.56 Å². The first kappa shape index (κ1) is 41.5. The highest BCUT2D eigenvalue weighted by Crippen LogP contribution is 2.55. The van der Waals surface area contributed by atoms with Crippen LogP contribution in [0.4, 0.5) is 5.69 Å². The van der Waals surface area contributed by atoms with Crippen LogP contribution in [0.3, 0.4) is 0 Å². The number of hydrogen-bond acceptors (Lipinski definition) is 11. The first-order valence-electron chi connectivity index (χ1n) is 21.4. The number of rotatable bonds is 10. The van der Waals surface area contributed by atoms with E-state index in [1.807, 2.05) is 35.2 Å². The average Bonchev–Trinajstić information content (AvgIpc) is 3.81. The second kappa shape index (κ2) is 15.8. The van der Waals surface area contributed by atoms with Gasteiger partial charge in [0.2, 0.25) is 11.8 Å². The van der Waals surface area contributed by atoms with E-state index in [1.54, 1.807) is 30.3 Å². The molecule has 16 heteroatoms. The van der Waals surface area contributed by atoms with Crippen molar-refractivity contribution in [1.29, 1.82) is 5.26 Å². The average molecular weight is 860 g/mol. The highest BCUT2D eigenvalue weighted by atomic mass is 35.5. The zero-order valence-electron chi connectivity index (χ0n) is 35.3. The highest BCUT2D eigenvalue weighted by molar-refractivity contribution is 6.31. The third kappa shape index (κ3) is 7.46. The molecular formula is C46H50ClN9O6. The number of imide groups is 1. The molecule has 4 amide bonds. The van der Waals surface area contributed by atoms with Crippen molar-refractivity contribution in [3.05, 3.63) is 92.7 Å². The minimum atomic E-state index is -0.890. The molecule has 5 fully saturated rings. The van der Waals surface area contributed by atoms with Crippen LogP contribution in [-0.2, 0) is 20.8 Å². The number of carbonyl (C=O) groups is 4. The molecular weight excluding hydrogens is 810 g/mol. The summed E-state index contributed by atoms with van der Waals surface area (Å²) in [6.07, 6.45) is 1.00. The van der Waals surface area contributed by atoms with Gasteiger partial charge in [-0.1, -0.05) is 56.6 Å². The van der Waals surface area contributed by atoms with Gasteiger partial charge in [-0.2, -0.15) is 9.94 Å². The van der Waals surface area contributed by atoms with E-state index < -0.39 is 17.5 Å². The number of carbonyl (C=O) groups excluding carboxylic acids is 4. The van der Waals surface area contributed by atoms with Crippen LogP contribution < -0.4 is 25.8 Å². The number of benzene rings is 3. The number of anilines is 1. The van der Waals surface area contributed by atoms with Crippen molar-refractivity contribution in [1.82, 2.24) is 35.4 Å². The Balaban J connectivity index is 0.723. The van der Waals surface area contributed by atoms with Crippen LogP contribution in [0, 0.1) is 39.9 Å². The Morgan fingerprint density at radius 2 is 1.65 bits per heavy atom. The van der Waals surface area contributed by atoms with E-state index in [0.29, 0.717) is 57.7 Å². The monoisotopic (exact) mass is 859 g/mol. The molecule has 3 unspecified atom stereocenters. The molecule has 5 aliphatic rings. The Morgan fingerprint density at radius 3 is 2.31 bits per heavy atom. The third-order valence-electron chi connectivity index (χ3n) is 14.0. The molecule has 4 saturated heterocycles. The summed E-state index contributed by atoms with van der Waals surface area (Å²) >= 11 is 6.25. The Morgan fingerprint density at radius 1 is 0.935 bits per heavy atom. The van der Waals surface area contributed by atoms with E-state index in [9.17, 15) is 29.2 Å². The van der Waals surface area contributed by atoms with Gasteiger partial charge in [0.1, 0.15) is 29.5 Å². The summed E-state index contributed by atoms with van der Waals surface area (Å²) in [7, 11) is 0. The zero-order chi connectivity index (χ0) is 43.7. The normalized spacial score (nSPS) is 25.4. The summed E-state index contributed by atoms with van der Waals surface area (Å²) in [6.45, 7) is 13.8. The van der Waals surface area contributed by atoms with Gasteiger partial charge in [0.15, 0.2) is 0 Å². The van der Waals surface area contributed by atoms with Crippen molar-refractivity contribution < 1.29 is 23.9 Å². The number of hydrogen-bond donors (Lipinski definition) is 2. The first-order chi connectivity index (χ1) is 29.6. The fourth-order valence-corrected chi connectivity index (χ4v) is 11.0. The number of piperidine rings is 1. The summed E-state index contributed by atoms with van der Waals surface area (Å²) in [5.74, 6) is 0.511. The molecule has 322 valence electrons. The Hall–Kier alpha value is -5.85. The van der Waals surface area contributed by atoms with Gasteiger partial charge in [0, 0.05) is 86.4 Å². The van der Waals surface area contributed by atoms with Crippen molar-refractivity contribution >= 4 is 51.8 Å². The highest BCUT2D eigenvalue weighted by Gasteiger charge is 2.64. The van der Waals surface area contributed by atoms with Crippen molar-refractivity contribution in [2.24, 2.45) is 28.6 Å². The van der Waals surface area contributed by atoms with Gasteiger partial charge < -0.3 is 24.8 Å². The number of fused-ring (bicyclic) bond motifs is 2. The van der Waals surface area contributed by atoms with Crippen molar-refractivity contribution in [3.63, 3.8) is 0 Å². The predicted molar refractivity (Wildman–Crippen MR) is 230 cm³/mol. The molecule has 1 aliphatic carbocycles. The molecule has 4 aromatic rings. The van der Waals surface area contributed by atoms with Gasteiger partial charge in [0.05, 0.1) is 21.9 Å². The molecule has 1 aromatic heterocycles. The van der Waals surface area contributed by atoms with Crippen LogP contribution in [0.15, 0.2) is 65.5 Å². The minimum absolute atomic E-state index is 0.112. The number of nitrogens with one attached hydrogen (secondary N) is 2. The maximum atomic E-state index is 13.6. The molecule has 0 bridgehead atoms. The van der Waals surface area contributed by atoms with Gasteiger partial charge >= 0.3 is 0 Å². The Labute approximate surface area is 364 Å². The minimum Gasteiger partial charge on any atom is -0.489 e. The molecule has 4 aliphatic heterocycles.